The molecule has 0 aliphatic rings. The smallest absolute Gasteiger partial charge is 0.171 e. The lowest BCUT2D eigenvalue weighted by Gasteiger charge is -2.11. The summed E-state index contributed by atoms with van der Waals surface area (Å²) in [4.78, 5) is 9.20. The average molecular weight is 362 g/mol. The first-order valence-corrected chi connectivity index (χ1v) is 8.67. The molecule has 130 valence electrons. The maximum atomic E-state index is 8.42. The summed E-state index contributed by atoms with van der Waals surface area (Å²) in [6, 6.07) is 13.2. The summed E-state index contributed by atoms with van der Waals surface area (Å²) in [6.45, 7) is 0. The molecule has 0 fully saturated rings. The largest absolute Gasteiger partial charge is 0.404 e. The number of allylic oxidation sites excluding steroid dienone is 1. The number of aliphatic imine (C=N–C) groups is 1. The minimum atomic E-state index is 0.221. The molecule has 0 aliphatic heterocycles. The summed E-state index contributed by atoms with van der Waals surface area (Å²) < 4.78 is 1.51. The number of pyridine rings is 2. The molecule has 0 spiro atoms. The quantitative estimate of drug-likeness (QED) is 0.379. The van der Waals surface area contributed by atoms with Crippen LogP contribution in [0.2, 0.25) is 0 Å². The fourth-order valence-electron chi connectivity index (χ4n) is 2.47. The fraction of sp³-hybridized carbons (Fsp3) is 0.0526. The number of aromatic nitrogens is 2. The van der Waals surface area contributed by atoms with E-state index in [2.05, 4.69) is 9.98 Å². The van der Waals surface area contributed by atoms with Crippen LogP contribution in [0.25, 0.3) is 16.5 Å². The molecule has 3 rings (SSSR count). The molecule has 0 bridgehead atoms. The Morgan fingerprint density at radius 3 is 2.88 bits per heavy atom. The minimum Gasteiger partial charge on any atom is -0.404 e. The van der Waals surface area contributed by atoms with Crippen molar-refractivity contribution >= 4 is 39.6 Å². The van der Waals surface area contributed by atoms with Gasteiger partial charge in [-0.05, 0) is 36.4 Å². The molecule has 4 N–H and O–H groups in total. The van der Waals surface area contributed by atoms with Crippen molar-refractivity contribution in [2.45, 2.75) is 4.90 Å². The molecule has 0 radical (unpaired) electrons. The van der Waals surface area contributed by atoms with Gasteiger partial charge in [0.1, 0.15) is 5.49 Å². The predicted molar refractivity (Wildman–Crippen MR) is 108 cm³/mol. The van der Waals surface area contributed by atoms with Crippen molar-refractivity contribution in [3.63, 3.8) is 0 Å². The van der Waals surface area contributed by atoms with Gasteiger partial charge in [-0.3, -0.25) is 25.4 Å². The summed E-state index contributed by atoms with van der Waals surface area (Å²) >= 11 is 1.28. The van der Waals surface area contributed by atoms with Crippen LogP contribution < -0.4 is 11.2 Å². The maximum Gasteiger partial charge on any atom is 0.171 e. The van der Waals surface area contributed by atoms with Crippen molar-refractivity contribution in [3.8, 4) is 0 Å². The van der Waals surface area contributed by atoms with Crippen molar-refractivity contribution in [1.29, 1.82) is 10.8 Å². The zero-order valence-electron chi connectivity index (χ0n) is 14.2. The van der Waals surface area contributed by atoms with Crippen molar-refractivity contribution in [3.05, 3.63) is 72.1 Å². The van der Waals surface area contributed by atoms with Crippen LogP contribution in [0.4, 0.5) is 0 Å². The number of nitrogens with two attached hydrogens (primary N) is 1. The van der Waals surface area contributed by atoms with Gasteiger partial charge in [0.25, 0.3) is 0 Å². The van der Waals surface area contributed by atoms with Crippen molar-refractivity contribution in [1.82, 2.24) is 9.55 Å². The second-order valence-corrected chi connectivity index (χ2v) is 6.51. The van der Waals surface area contributed by atoms with Gasteiger partial charge in [0.05, 0.1) is 5.52 Å². The molecule has 2 aromatic heterocycles. The highest BCUT2D eigenvalue weighted by atomic mass is 32.2. The number of benzene rings is 1. The number of rotatable bonds is 3. The summed E-state index contributed by atoms with van der Waals surface area (Å²) in [5, 5.41) is 17.8. The SMILES string of the molecule is CN=CC(=CN)c1ccc(=N)n(C(=N)Sc2ccc3ncccc3c2)c1. The van der Waals surface area contributed by atoms with E-state index >= 15 is 0 Å². The fourth-order valence-corrected chi connectivity index (χ4v) is 3.26. The topological polar surface area (TPSA) is 104 Å². The number of fused-ring (bicyclic) bond motifs is 1. The highest BCUT2D eigenvalue weighted by Gasteiger charge is 2.08. The van der Waals surface area contributed by atoms with E-state index < -0.39 is 0 Å². The number of nitrogens with one attached hydrogen (secondary N) is 2. The standard InChI is InChI=1S/C19H18N6S/c1-23-11-15(10-20)14-4-7-18(21)25(12-14)19(22)26-16-5-6-17-13(9-16)3-2-8-24-17/h2-12,21-22H,20H2,1H3. The molecular formula is C19H18N6S. The van der Waals surface area contributed by atoms with E-state index in [1.54, 1.807) is 37.8 Å². The summed E-state index contributed by atoms with van der Waals surface area (Å²) in [7, 11) is 1.67. The molecule has 0 saturated carbocycles. The van der Waals surface area contributed by atoms with Crippen LogP contribution in [0.5, 0.6) is 0 Å². The van der Waals surface area contributed by atoms with Crippen LogP contribution in [0.1, 0.15) is 5.56 Å². The lowest BCUT2D eigenvalue weighted by Crippen LogP contribution is -2.24. The van der Waals surface area contributed by atoms with E-state index in [-0.39, 0.29) is 10.7 Å². The van der Waals surface area contributed by atoms with Crippen molar-refractivity contribution in [2.75, 3.05) is 7.05 Å². The highest BCUT2D eigenvalue weighted by Crippen LogP contribution is 2.24. The predicted octanol–water partition coefficient (Wildman–Crippen LogP) is 3.09. The number of hydrogen-bond donors (Lipinski definition) is 3. The third-order valence-electron chi connectivity index (χ3n) is 3.74. The molecule has 7 heteroatoms. The third-order valence-corrected chi connectivity index (χ3v) is 4.62. The highest BCUT2D eigenvalue weighted by molar-refractivity contribution is 8.13. The summed E-state index contributed by atoms with van der Waals surface area (Å²) in [5.74, 6) is 0. The van der Waals surface area contributed by atoms with Crippen LogP contribution in [-0.2, 0) is 0 Å². The molecule has 2 heterocycles. The second kappa shape index (κ2) is 7.79. The minimum absolute atomic E-state index is 0.221. The Morgan fingerprint density at radius 1 is 1.27 bits per heavy atom. The molecule has 0 amide bonds. The number of nitrogens with zero attached hydrogens (tertiary/aromatic N) is 3. The lowest BCUT2D eigenvalue weighted by atomic mass is 10.1. The Bertz CT molecular complexity index is 1080. The van der Waals surface area contributed by atoms with Crippen molar-refractivity contribution in [2.24, 2.45) is 10.7 Å². The van der Waals surface area contributed by atoms with Crippen LogP contribution >= 0.6 is 11.8 Å². The Balaban J connectivity index is 1.92. The number of hydrogen-bond acceptors (Lipinski definition) is 6. The first kappa shape index (κ1) is 17.6. The molecule has 3 aromatic rings. The zero-order chi connectivity index (χ0) is 18.5. The molecule has 26 heavy (non-hydrogen) atoms. The Hall–Kier alpha value is -3.19. The number of thioether (sulfide) groups is 1. The van der Waals surface area contributed by atoms with Gasteiger partial charge in [-0.1, -0.05) is 17.8 Å². The van der Waals surface area contributed by atoms with E-state index in [0.717, 1.165) is 26.9 Å². The first-order valence-electron chi connectivity index (χ1n) is 7.85. The molecule has 0 unspecified atom stereocenters. The first-order chi connectivity index (χ1) is 12.6. The second-order valence-electron chi connectivity index (χ2n) is 5.45. The van der Waals surface area contributed by atoms with E-state index in [4.69, 9.17) is 16.6 Å². The Labute approximate surface area is 155 Å². The van der Waals surface area contributed by atoms with Gasteiger partial charge >= 0.3 is 0 Å². The molecule has 0 aliphatic carbocycles. The van der Waals surface area contributed by atoms with Crippen LogP contribution in [0.15, 0.2) is 70.9 Å². The lowest BCUT2D eigenvalue weighted by molar-refractivity contribution is 0.976. The normalized spacial score (nSPS) is 12.0. The molecule has 0 saturated heterocycles. The van der Waals surface area contributed by atoms with Gasteiger partial charge in [0.2, 0.25) is 0 Å². The zero-order valence-corrected chi connectivity index (χ0v) is 15.0. The van der Waals surface area contributed by atoms with Gasteiger partial charge in [-0.15, -0.1) is 0 Å². The Morgan fingerprint density at radius 2 is 2.12 bits per heavy atom. The summed E-state index contributed by atoms with van der Waals surface area (Å²) in [5.41, 5.74) is 8.32. The summed E-state index contributed by atoms with van der Waals surface area (Å²) in [6.07, 6.45) is 6.59. The van der Waals surface area contributed by atoms with E-state index in [0.29, 0.717) is 0 Å². The maximum absolute atomic E-state index is 8.42. The van der Waals surface area contributed by atoms with Gasteiger partial charge in [-0.2, -0.15) is 0 Å². The van der Waals surface area contributed by atoms with Gasteiger partial charge < -0.3 is 5.73 Å². The molecular weight excluding hydrogens is 344 g/mol. The van der Waals surface area contributed by atoms with Gasteiger partial charge in [-0.25, -0.2) is 0 Å². The molecule has 0 atom stereocenters. The van der Waals surface area contributed by atoms with Crippen LogP contribution in [-0.4, -0.2) is 28.0 Å². The van der Waals surface area contributed by atoms with Crippen LogP contribution in [0, 0.1) is 10.8 Å². The van der Waals surface area contributed by atoms with E-state index in [9.17, 15) is 0 Å². The van der Waals surface area contributed by atoms with Crippen molar-refractivity contribution < 1.29 is 0 Å². The molecule has 1 aromatic carbocycles. The monoisotopic (exact) mass is 362 g/mol. The molecule has 6 nitrogen and oxygen atoms in total. The average Bonchev–Trinajstić information content (AvgIpc) is 2.66. The van der Waals surface area contributed by atoms with E-state index in [1.165, 1.54) is 22.5 Å². The van der Waals surface area contributed by atoms with Crippen LogP contribution in [0.3, 0.4) is 0 Å². The van der Waals surface area contributed by atoms with Gasteiger partial charge in [0.15, 0.2) is 5.17 Å². The Kier molecular flexibility index (Phi) is 5.28. The van der Waals surface area contributed by atoms with E-state index in [1.807, 2.05) is 30.3 Å². The third kappa shape index (κ3) is 3.73. The van der Waals surface area contributed by atoms with Gasteiger partial charge in [0, 0.05) is 53.3 Å².